The second kappa shape index (κ2) is 9.48. The molecule has 0 amide bonds. The van der Waals surface area contributed by atoms with E-state index in [1.165, 1.54) is 48.5 Å². The van der Waals surface area contributed by atoms with Crippen LogP contribution in [0.4, 0.5) is 40.3 Å². The van der Waals surface area contributed by atoms with Crippen LogP contribution in [-0.2, 0) is 14.1 Å². The number of aryl methyl sites for hydroxylation is 2. The third kappa shape index (κ3) is 3.99. The maximum atomic E-state index is 14.7. The van der Waals surface area contributed by atoms with Gasteiger partial charge in [-0.1, -0.05) is 0 Å². The van der Waals surface area contributed by atoms with Crippen LogP contribution in [0.25, 0.3) is 33.2 Å². The van der Waals surface area contributed by atoms with Gasteiger partial charge in [-0.05, 0) is 84.9 Å². The number of halogens is 4. The molecule has 0 aliphatic carbocycles. The summed E-state index contributed by atoms with van der Waals surface area (Å²) in [6, 6.07) is 21.4. The molecule has 0 unspecified atom stereocenters. The number of anilines is 4. The van der Waals surface area contributed by atoms with Crippen molar-refractivity contribution in [1.82, 2.24) is 9.13 Å². The highest BCUT2D eigenvalue weighted by molar-refractivity contribution is 6.10. The minimum Gasteiger partial charge on any atom is -0.342 e. The Labute approximate surface area is 228 Å². The number of hydrogen-bond donors (Lipinski definition) is 0. The van der Waals surface area contributed by atoms with E-state index in [1.54, 1.807) is 36.4 Å². The summed E-state index contributed by atoms with van der Waals surface area (Å²) in [6.45, 7) is 0. The summed E-state index contributed by atoms with van der Waals surface area (Å²) in [4.78, 5) is 3.80. The fourth-order valence-corrected chi connectivity index (χ4v) is 5.60. The van der Waals surface area contributed by atoms with Gasteiger partial charge in [-0.3, -0.25) is 0 Å². The van der Waals surface area contributed by atoms with Gasteiger partial charge in [-0.15, -0.1) is 0 Å². The Bertz CT molecular complexity index is 1750. The van der Waals surface area contributed by atoms with Gasteiger partial charge >= 0.3 is 0 Å². The molecule has 40 heavy (non-hydrogen) atoms. The first-order chi connectivity index (χ1) is 19.2. The molecule has 0 bridgehead atoms. The Morgan fingerprint density at radius 3 is 1.15 bits per heavy atom. The topological polar surface area (TPSA) is 16.3 Å². The summed E-state index contributed by atoms with van der Waals surface area (Å²) >= 11 is 0. The van der Waals surface area contributed by atoms with Crippen molar-refractivity contribution in [3.63, 3.8) is 0 Å². The van der Waals surface area contributed by atoms with Gasteiger partial charge in [0, 0.05) is 50.3 Å². The second-order valence-electron chi connectivity index (χ2n) is 9.91. The summed E-state index contributed by atoms with van der Waals surface area (Å²) in [5.74, 6) is -1.50. The molecule has 0 atom stereocenters. The summed E-state index contributed by atoms with van der Waals surface area (Å²) in [6.07, 6.45) is 0. The maximum Gasteiger partial charge on any atom is 0.124 e. The van der Waals surface area contributed by atoms with E-state index in [0.29, 0.717) is 33.5 Å². The van der Waals surface area contributed by atoms with Gasteiger partial charge in [0.15, 0.2) is 0 Å². The van der Waals surface area contributed by atoms with Gasteiger partial charge in [0.25, 0.3) is 0 Å². The van der Waals surface area contributed by atoms with E-state index >= 15 is 0 Å². The number of fused-ring (bicyclic) bond motifs is 2. The lowest BCUT2D eigenvalue weighted by Crippen LogP contribution is -2.14. The zero-order valence-electron chi connectivity index (χ0n) is 22.4. The van der Waals surface area contributed by atoms with Gasteiger partial charge in [0.05, 0.1) is 33.8 Å². The molecule has 4 nitrogen and oxygen atoms in total. The summed E-state index contributed by atoms with van der Waals surface area (Å²) < 4.78 is 60.9. The molecule has 0 aliphatic heterocycles. The molecule has 0 saturated heterocycles. The normalized spacial score (nSPS) is 11.5. The lowest BCUT2D eigenvalue weighted by molar-refractivity contribution is 0.627. The van der Waals surface area contributed by atoms with E-state index in [1.807, 2.05) is 47.1 Å². The Morgan fingerprint density at radius 1 is 0.475 bits per heavy atom. The first-order valence-electron chi connectivity index (χ1n) is 12.7. The van der Waals surface area contributed by atoms with E-state index in [-0.39, 0.29) is 23.3 Å². The predicted molar refractivity (Wildman–Crippen MR) is 154 cm³/mol. The van der Waals surface area contributed by atoms with E-state index < -0.39 is 0 Å². The van der Waals surface area contributed by atoms with E-state index in [0.717, 1.165) is 22.4 Å². The van der Waals surface area contributed by atoms with Crippen molar-refractivity contribution in [2.45, 2.75) is 0 Å². The molecule has 0 N–H and O–H groups in total. The summed E-state index contributed by atoms with van der Waals surface area (Å²) in [5, 5.41) is 1.33. The molecule has 0 saturated carbocycles. The number of rotatable bonds is 5. The molecular weight excluding hydrogens is 516 g/mol. The van der Waals surface area contributed by atoms with Crippen LogP contribution in [0, 0.1) is 23.3 Å². The van der Waals surface area contributed by atoms with Crippen LogP contribution in [0.15, 0.2) is 84.9 Å². The van der Waals surface area contributed by atoms with Crippen molar-refractivity contribution in [2.24, 2.45) is 14.1 Å². The molecule has 2 heterocycles. The highest BCUT2D eigenvalue weighted by atomic mass is 19.1. The third-order valence-corrected chi connectivity index (χ3v) is 7.59. The lowest BCUT2D eigenvalue weighted by atomic mass is 10.1. The second-order valence-corrected chi connectivity index (χ2v) is 9.91. The van der Waals surface area contributed by atoms with Crippen LogP contribution < -0.4 is 9.80 Å². The number of hydrogen-bond acceptors (Lipinski definition) is 2. The Hall–Kier alpha value is -4.72. The first-order valence-corrected chi connectivity index (χ1v) is 12.7. The fraction of sp³-hybridized carbons (Fsp3) is 0.125. The predicted octanol–water partition coefficient (Wildman–Crippen LogP) is 8.43. The van der Waals surface area contributed by atoms with E-state index in [2.05, 4.69) is 0 Å². The molecule has 0 spiro atoms. The minimum atomic E-state index is -0.388. The van der Waals surface area contributed by atoms with Gasteiger partial charge < -0.3 is 18.9 Å². The monoisotopic (exact) mass is 542 g/mol. The zero-order chi connectivity index (χ0) is 28.3. The van der Waals surface area contributed by atoms with Crippen LogP contribution in [0.1, 0.15) is 0 Å². The molecular formula is C32H26F4N4. The van der Waals surface area contributed by atoms with Gasteiger partial charge in [0.2, 0.25) is 0 Å². The molecule has 6 rings (SSSR count). The third-order valence-electron chi connectivity index (χ3n) is 7.59. The Kier molecular flexibility index (Phi) is 6.06. The Morgan fingerprint density at radius 2 is 0.800 bits per heavy atom. The molecule has 202 valence electrons. The van der Waals surface area contributed by atoms with Crippen LogP contribution in [-0.4, -0.2) is 23.2 Å². The quantitative estimate of drug-likeness (QED) is 0.203. The average molecular weight is 543 g/mol. The minimum absolute atomic E-state index is 0.361. The van der Waals surface area contributed by atoms with Crippen LogP contribution in [0.5, 0.6) is 0 Å². The van der Waals surface area contributed by atoms with Gasteiger partial charge in [-0.25, -0.2) is 17.6 Å². The molecule has 6 aromatic rings. The van der Waals surface area contributed by atoms with Gasteiger partial charge in [-0.2, -0.15) is 0 Å². The summed E-state index contributed by atoms with van der Waals surface area (Å²) in [7, 11) is 7.50. The molecule has 0 aliphatic rings. The Balaban J connectivity index is 1.72. The van der Waals surface area contributed by atoms with Crippen molar-refractivity contribution in [3.05, 3.63) is 108 Å². The van der Waals surface area contributed by atoms with Crippen molar-refractivity contribution in [2.75, 3.05) is 23.9 Å². The van der Waals surface area contributed by atoms with E-state index in [4.69, 9.17) is 0 Å². The molecule has 4 aromatic carbocycles. The first kappa shape index (κ1) is 25.6. The van der Waals surface area contributed by atoms with Crippen molar-refractivity contribution in [3.8, 4) is 11.4 Å². The number of aromatic nitrogens is 2. The smallest absolute Gasteiger partial charge is 0.124 e. The fourth-order valence-electron chi connectivity index (χ4n) is 5.60. The molecule has 2 aromatic heterocycles. The lowest BCUT2D eigenvalue weighted by Gasteiger charge is -2.25. The maximum absolute atomic E-state index is 14.7. The zero-order valence-corrected chi connectivity index (χ0v) is 22.4. The van der Waals surface area contributed by atoms with E-state index in [9.17, 15) is 17.6 Å². The number of benzene rings is 4. The molecule has 0 radical (unpaired) electrons. The number of nitrogens with zero attached hydrogens (tertiary/aromatic N) is 4. The van der Waals surface area contributed by atoms with Crippen molar-refractivity contribution in [1.29, 1.82) is 0 Å². The van der Waals surface area contributed by atoms with Crippen LogP contribution >= 0.6 is 0 Å². The highest BCUT2D eigenvalue weighted by Crippen LogP contribution is 2.49. The van der Waals surface area contributed by atoms with Gasteiger partial charge in [0.1, 0.15) is 23.3 Å². The SMILES string of the molecule is CN(c1ccc(F)cc1)c1c(-c2c(N(C)c3ccc(F)cc3)c3cc(F)ccc3n2C)n(C)c2ccc(F)cc12. The highest BCUT2D eigenvalue weighted by Gasteiger charge is 2.29. The summed E-state index contributed by atoms with van der Waals surface area (Å²) in [5.41, 5.74) is 5.87. The molecule has 8 heteroatoms. The van der Waals surface area contributed by atoms with Crippen LogP contribution in [0.2, 0.25) is 0 Å². The standard InChI is InChI=1S/C32H26F4N4/c1-37(23-11-5-19(33)6-12-23)29-25-17-21(35)9-15-27(25)39(3)31(29)32-30(38(2)24-13-7-20(34)8-14-24)26-18-22(36)10-16-28(26)40(32)4/h5-18H,1-4H3. The average Bonchev–Trinajstić information content (AvgIpc) is 3.37. The van der Waals surface area contributed by atoms with Crippen molar-refractivity contribution < 1.29 is 17.6 Å². The van der Waals surface area contributed by atoms with Crippen LogP contribution in [0.3, 0.4) is 0 Å². The van der Waals surface area contributed by atoms with Crippen molar-refractivity contribution >= 4 is 44.6 Å². The largest absolute Gasteiger partial charge is 0.342 e. The molecule has 0 fully saturated rings.